The number of carbonyl (C=O) groups excluding carboxylic acids is 2. The second kappa shape index (κ2) is 5.42. The number of nitrogens with zero attached hydrogens (tertiary/aromatic N) is 3. The molecule has 0 unspecified atom stereocenters. The first-order valence-electron chi connectivity index (χ1n) is 5.27. The number of hydrogen-bond acceptors (Lipinski definition) is 5. The van der Waals surface area contributed by atoms with Crippen LogP contribution in [0.4, 0.5) is 0 Å². The Labute approximate surface area is 98.9 Å². The van der Waals surface area contributed by atoms with Crippen LogP contribution >= 0.6 is 0 Å². The number of primary amides is 1. The summed E-state index contributed by atoms with van der Waals surface area (Å²) in [6.07, 6.45) is 0. The molecule has 1 rings (SSSR count). The topological polar surface area (TPSA) is 100 Å². The third kappa shape index (κ3) is 3.54. The number of esters is 1. The third-order valence-corrected chi connectivity index (χ3v) is 2.07. The van der Waals surface area contributed by atoms with Crippen LogP contribution in [-0.2, 0) is 16.1 Å². The highest BCUT2D eigenvalue weighted by Crippen LogP contribution is 2.03. The van der Waals surface area contributed by atoms with E-state index in [1.165, 1.54) is 4.68 Å². The molecule has 0 fully saturated rings. The average Bonchev–Trinajstić information content (AvgIpc) is 2.58. The van der Waals surface area contributed by atoms with Gasteiger partial charge in [-0.05, 0) is 12.8 Å². The highest BCUT2D eigenvalue weighted by molar-refractivity contribution is 5.91. The molecule has 1 aromatic heterocycles. The summed E-state index contributed by atoms with van der Waals surface area (Å²) in [5.74, 6) is -0.802. The molecule has 17 heavy (non-hydrogen) atoms. The molecule has 0 radical (unpaired) electrons. The van der Waals surface area contributed by atoms with Gasteiger partial charge in [0.1, 0.15) is 6.54 Å². The molecule has 0 atom stereocenters. The molecule has 0 spiro atoms. The van der Waals surface area contributed by atoms with Crippen LogP contribution in [0.15, 0.2) is 0 Å². The summed E-state index contributed by atoms with van der Waals surface area (Å²) in [7, 11) is 0. The maximum absolute atomic E-state index is 11.4. The van der Waals surface area contributed by atoms with Crippen molar-refractivity contribution in [1.29, 1.82) is 0 Å². The molecule has 7 nitrogen and oxygen atoms in total. The highest BCUT2D eigenvalue weighted by atomic mass is 16.5. The van der Waals surface area contributed by atoms with Crippen molar-refractivity contribution in [2.75, 3.05) is 6.61 Å². The molecule has 0 aliphatic heterocycles. The maximum atomic E-state index is 11.4. The van der Waals surface area contributed by atoms with E-state index in [4.69, 9.17) is 10.5 Å². The zero-order chi connectivity index (χ0) is 13.0. The van der Waals surface area contributed by atoms with Gasteiger partial charge in [-0.1, -0.05) is 19.1 Å². The number of ether oxygens (including phenoxy) is 1. The number of aromatic nitrogens is 3. The molecule has 1 amide bonds. The number of nitrogens with two attached hydrogens (primary N) is 1. The molecule has 0 aliphatic carbocycles. The van der Waals surface area contributed by atoms with Gasteiger partial charge in [-0.25, -0.2) is 4.68 Å². The molecule has 0 saturated carbocycles. The van der Waals surface area contributed by atoms with Crippen molar-refractivity contribution in [3.05, 3.63) is 11.4 Å². The fourth-order valence-corrected chi connectivity index (χ4v) is 1.17. The zero-order valence-corrected chi connectivity index (χ0v) is 10.1. The number of rotatable bonds is 5. The molecule has 0 saturated heterocycles. The summed E-state index contributed by atoms with van der Waals surface area (Å²) in [6, 6.07) is 0. The van der Waals surface area contributed by atoms with E-state index < -0.39 is 11.9 Å². The van der Waals surface area contributed by atoms with Crippen LogP contribution in [0.2, 0.25) is 0 Å². The van der Waals surface area contributed by atoms with Gasteiger partial charge in [0.25, 0.3) is 5.91 Å². The Bertz CT molecular complexity index is 425. The number of carbonyl (C=O) groups is 2. The molecule has 1 heterocycles. The quantitative estimate of drug-likeness (QED) is 0.723. The SMILES string of the molecule is Cc1c(C(N)=O)nnn1CC(=O)OCC(C)C. The summed E-state index contributed by atoms with van der Waals surface area (Å²) in [6.45, 7) is 5.79. The minimum absolute atomic E-state index is 0.0706. The Morgan fingerprint density at radius 3 is 2.59 bits per heavy atom. The molecule has 0 aliphatic rings. The lowest BCUT2D eigenvalue weighted by molar-refractivity contribution is -0.145. The molecule has 2 N–H and O–H groups in total. The van der Waals surface area contributed by atoms with Gasteiger partial charge >= 0.3 is 5.97 Å². The van der Waals surface area contributed by atoms with E-state index in [-0.39, 0.29) is 18.2 Å². The van der Waals surface area contributed by atoms with Gasteiger partial charge in [0.15, 0.2) is 5.69 Å². The molecular weight excluding hydrogens is 224 g/mol. The van der Waals surface area contributed by atoms with E-state index in [9.17, 15) is 9.59 Å². The van der Waals surface area contributed by atoms with Crippen molar-refractivity contribution in [2.45, 2.75) is 27.3 Å². The maximum Gasteiger partial charge on any atom is 0.327 e. The summed E-state index contributed by atoms with van der Waals surface area (Å²) < 4.78 is 6.28. The highest BCUT2D eigenvalue weighted by Gasteiger charge is 2.15. The Hall–Kier alpha value is -1.92. The number of hydrogen-bond donors (Lipinski definition) is 1. The van der Waals surface area contributed by atoms with Gasteiger partial charge in [0, 0.05) is 0 Å². The van der Waals surface area contributed by atoms with E-state index in [1.54, 1.807) is 6.92 Å². The molecule has 0 aromatic carbocycles. The average molecular weight is 240 g/mol. The fraction of sp³-hybridized carbons (Fsp3) is 0.600. The van der Waals surface area contributed by atoms with Crippen LogP contribution in [0.1, 0.15) is 30.0 Å². The van der Waals surface area contributed by atoms with Gasteiger partial charge in [-0.15, -0.1) is 5.10 Å². The molecular formula is C10H16N4O3. The first-order chi connectivity index (χ1) is 7.91. The first-order valence-corrected chi connectivity index (χ1v) is 5.27. The van der Waals surface area contributed by atoms with Crippen LogP contribution in [0.5, 0.6) is 0 Å². The van der Waals surface area contributed by atoms with Crippen LogP contribution in [0.3, 0.4) is 0 Å². The van der Waals surface area contributed by atoms with Gasteiger partial charge in [-0.2, -0.15) is 0 Å². The predicted octanol–water partition coefficient (Wildman–Crippen LogP) is -0.115. The third-order valence-electron chi connectivity index (χ3n) is 2.07. The Balaban J connectivity index is 2.63. The smallest absolute Gasteiger partial charge is 0.327 e. The van der Waals surface area contributed by atoms with Gasteiger partial charge < -0.3 is 10.5 Å². The largest absolute Gasteiger partial charge is 0.464 e. The molecule has 7 heteroatoms. The predicted molar refractivity (Wildman–Crippen MR) is 59.1 cm³/mol. The van der Waals surface area contributed by atoms with Gasteiger partial charge in [-0.3, -0.25) is 9.59 Å². The molecule has 0 bridgehead atoms. The lowest BCUT2D eigenvalue weighted by Crippen LogP contribution is -2.18. The van der Waals surface area contributed by atoms with Crippen molar-refractivity contribution in [3.8, 4) is 0 Å². The van der Waals surface area contributed by atoms with E-state index in [1.807, 2.05) is 13.8 Å². The van der Waals surface area contributed by atoms with E-state index in [0.29, 0.717) is 12.3 Å². The minimum Gasteiger partial charge on any atom is -0.464 e. The van der Waals surface area contributed by atoms with Gasteiger partial charge in [0.05, 0.1) is 12.3 Å². The van der Waals surface area contributed by atoms with Crippen LogP contribution in [0.25, 0.3) is 0 Å². The van der Waals surface area contributed by atoms with Crippen molar-refractivity contribution < 1.29 is 14.3 Å². The summed E-state index contributed by atoms with van der Waals surface area (Å²) >= 11 is 0. The van der Waals surface area contributed by atoms with Crippen LogP contribution in [0, 0.1) is 12.8 Å². The second-order valence-corrected chi connectivity index (χ2v) is 4.12. The summed E-state index contributed by atoms with van der Waals surface area (Å²) in [5.41, 5.74) is 5.61. The van der Waals surface area contributed by atoms with Crippen molar-refractivity contribution >= 4 is 11.9 Å². The summed E-state index contributed by atoms with van der Waals surface area (Å²) in [5, 5.41) is 7.26. The standard InChI is InChI=1S/C10H16N4O3/c1-6(2)5-17-8(15)4-14-7(3)9(10(11)16)12-13-14/h6H,4-5H2,1-3H3,(H2,11,16). The van der Waals surface area contributed by atoms with Crippen molar-refractivity contribution in [3.63, 3.8) is 0 Å². The zero-order valence-electron chi connectivity index (χ0n) is 10.1. The van der Waals surface area contributed by atoms with Crippen molar-refractivity contribution in [2.24, 2.45) is 11.7 Å². The van der Waals surface area contributed by atoms with Crippen molar-refractivity contribution in [1.82, 2.24) is 15.0 Å². The Morgan fingerprint density at radius 1 is 1.47 bits per heavy atom. The monoisotopic (exact) mass is 240 g/mol. The Kier molecular flexibility index (Phi) is 4.19. The second-order valence-electron chi connectivity index (χ2n) is 4.12. The van der Waals surface area contributed by atoms with E-state index in [2.05, 4.69) is 10.3 Å². The van der Waals surface area contributed by atoms with Crippen LogP contribution < -0.4 is 5.73 Å². The first kappa shape index (κ1) is 13.1. The molecule has 94 valence electrons. The Morgan fingerprint density at radius 2 is 2.12 bits per heavy atom. The minimum atomic E-state index is -0.663. The fourth-order valence-electron chi connectivity index (χ4n) is 1.17. The normalized spacial score (nSPS) is 10.6. The lowest BCUT2D eigenvalue weighted by atomic mass is 10.2. The molecule has 1 aromatic rings. The van der Waals surface area contributed by atoms with E-state index >= 15 is 0 Å². The van der Waals surface area contributed by atoms with Gasteiger partial charge in [0.2, 0.25) is 0 Å². The van der Waals surface area contributed by atoms with Crippen LogP contribution in [-0.4, -0.2) is 33.5 Å². The van der Waals surface area contributed by atoms with E-state index in [0.717, 1.165) is 0 Å². The lowest BCUT2D eigenvalue weighted by Gasteiger charge is -2.07. The number of amides is 1. The summed E-state index contributed by atoms with van der Waals surface area (Å²) in [4.78, 5) is 22.3.